The van der Waals surface area contributed by atoms with E-state index in [2.05, 4.69) is 0 Å². The molecule has 0 saturated heterocycles. The molecule has 0 aromatic heterocycles. The van der Waals surface area contributed by atoms with Gasteiger partial charge in [0.15, 0.2) is 0 Å². The molecular weight excluding hydrogens is 254 g/mol. The monoisotopic (exact) mass is 269 g/mol. The minimum Gasteiger partial charge on any atom is -0.397 e. The van der Waals surface area contributed by atoms with Gasteiger partial charge in [-0.1, -0.05) is 30.3 Å². The standard InChI is InChI=1S/C15H15N3O2/c1-2-11-17(13-8-4-3-7-12(13)16)14-9-5-6-10-15(14)18(19)20/h2-11H,16H2,1H3. The minimum atomic E-state index is -0.398. The lowest BCUT2D eigenvalue weighted by Crippen LogP contribution is -2.12. The average Bonchev–Trinajstić information content (AvgIpc) is 2.46. The Morgan fingerprint density at radius 3 is 2.30 bits per heavy atom. The Morgan fingerprint density at radius 2 is 1.70 bits per heavy atom. The normalized spacial score (nSPS) is 10.7. The number of nitro benzene ring substituents is 1. The third-order valence-corrected chi connectivity index (χ3v) is 2.83. The molecule has 0 fully saturated rings. The first kappa shape index (κ1) is 13.6. The van der Waals surface area contributed by atoms with Gasteiger partial charge in [-0.05, 0) is 25.1 Å². The van der Waals surface area contributed by atoms with Crippen LogP contribution >= 0.6 is 0 Å². The van der Waals surface area contributed by atoms with Crippen molar-refractivity contribution >= 4 is 22.7 Å². The highest BCUT2D eigenvalue weighted by Gasteiger charge is 2.19. The van der Waals surface area contributed by atoms with E-state index >= 15 is 0 Å². The number of para-hydroxylation sites is 4. The number of hydrogen-bond acceptors (Lipinski definition) is 4. The first-order chi connectivity index (χ1) is 9.65. The van der Waals surface area contributed by atoms with Gasteiger partial charge in [-0.3, -0.25) is 10.1 Å². The lowest BCUT2D eigenvalue weighted by Gasteiger charge is -2.22. The molecule has 0 amide bonds. The molecule has 0 aliphatic carbocycles. The fourth-order valence-corrected chi connectivity index (χ4v) is 1.97. The van der Waals surface area contributed by atoms with Crippen LogP contribution in [0.15, 0.2) is 60.8 Å². The summed E-state index contributed by atoms with van der Waals surface area (Å²) in [7, 11) is 0. The molecule has 5 heteroatoms. The Hall–Kier alpha value is -2.82. The van der Waals surface area contributed by atoms with Gasteiger partial charge < -0.3 is 10.6 Å². The van der Waals surface area contributed by atoms with Gasteiger partial charge in [0, 0.05) is 12.3 Å². The first-order valence-corrected chi connectivity index (χ1v) is 6.15. The maximum atomic E-state index is 11.2. The van der Waals surface area contributed by atoms with Crippen LogP contribution in [0.5, 0.6) is 0 Å². The maximum Gasteiger partial charge on any atom is 0.293 e. The Bertz CT molecular complexity index is 653. The largest absolute Gasteiger partial charge is 0.397 e. The molecule has 0 heterocycles. The quantitative estimate of drug-likeness (QED) is 0.520. The molecule has 0 unspecified atom stereocenters. The summed E-state index contributed by atoms with van der Waals surface area (Å²) >= 11 is 0. The molecule has 2 N–H and O–H groups in total. The van der Waals surface area contributed by atoms with Crippen molar-refractivity contribution in [3.05, 3.63) is 70.9 Å². The summed E-state index contributed by atoms with van der Waals surface area (Å²) in [5.41, 5.74) is 7.75. The summed E-state index contributed by atoms with van der Waals surface area (Å²) < 4.78 is 0. The van der Waals surface area contributed by atoms with E-state index in [0.717, 1.165) is 0 Å². The van der Waals surface area contributed by atoms with E-state index in [1.54, 1.807) is 35.4 Å². The molecular formula is C15H15N3O2. The van der Waals surface area contributed by atoms with Crippen molar-refractivity contribution in [2.75, 3.05) is 10.6 Å². The second-order valence-corrected chi connectivity index (χ2v) is 4.16. The van der Waals surface area contributed by atoms with E-state index in [4.69, 9.17) is 5.73 Å². The summed E-state index contributed by atoms with van der Waals surface area (Å²) in [5, 5.41) is 11.2. The molecule has 2 aromatic carbocycles. The van der Waals surface area contributed by atoms with Crippen molar-refractivity contribution in [3.63, 3.8) is 0 Å². The van der Waals surface area contributed by atoms with Crippen molar-refractivity contribution in [1.29, 1.82) is 0 Å². The van der Waals surface area contributed by atoms with Crippen LogP contribution in [-0.2, 0) is 0 Å². The molecule has 0 spiro atoms. The fourth-order valence-electron chi connectivity index (χ4n) is 1.97. The van der Waals surface area contributed by atoms with Crippen molar-refractivity contribution < 1.29 is 4.92 Å². The predicted octanol–water partition coefficient (Wildman–Crippen LogP) is 3.85. The molecule has 0 radical (unpaired) electrons. The number of benzene rings is 2. The number of nitrogen functional groups attached to an aromatic ring is 1. The van der Waals surface area contributed by atoms with Gasteiger partial charge in [0.05, 0.1) is 16.3 Å². The highest BCUT2D eigenvalue weighted by atomic mass is 16.6. The van der Waals surface area contributed by atoms with Gasteiger partial charge in [0.1, 0.15) is 5.69 Å². The van der Waals surface area contributed by atoms with Crippen LogP contribution in [0.1, 0.15) is 6.92 Å². The number of allylic oxidation sites excluding steroid dienone is 1. The van der Waals surface area contributed by atoms with Crippen molar-refractivity contribution in [2.24, 2.45) is 0 Å². The number of nitro groups is 1. The summed E-state index contributed by atoms with van der Waals surface area (Å²) in [6, 6.07) is 13.8. The van der Waals surface area contributed by atoms with Gasteiger partial charge in [-0.2, -0.15) is 0 Å². The van der Waals surface area contributed by atoms with Gasteiger partial charge in [-0.25, -0.2) is 0 Å². The molecule has 5 nitrogen and oxygen atoms in total. The highest BCUT2D eigenvalue weighted by Crippen LogP contribution is 2.36. The number of anilines is 3. The third kappa shape index (κ3) is 2.61. The Labute approximate surface area is 117 Å². The van der Waals surface area contributed by atoms with Crippen molar-refractivity contribution in [1.82, 2.24) is 0 Å². The average molecular weight is 269 g/mol. The maximum absolute atomic E-state index is 11.2. The van der Waals surface area contributed by atoms with Crippen LogP contribution in [0.4, 0.5) is 22.7 Å². The van der Waals surface area contributed by atoms with E-state index < -0.39 is 4.92 Å². The van der Waals surface area contributed by atoms with E-state index in [9.17, 15) is 10.1 Å². The van der Waals surface area contributed by atoms with Crippen molar-refractivity contribution in [3.8, 4) is 0 Å². The summed E-state index contributed by atoms with van der Waals surface area (Å²) in [5.74, 6) is 0. The van der Waals surface area contributed by atoms with E-state index in [1.165, 1.54) is 6.07 Å². The molecule has 0 aliphatic rings. The lowest BCUT2D eigenvalue weighted by atomic mass is 10.2. The molecule has 0 atom stereocenters. The zero-order chi connectivity index (χ0) is 14.5. The van der Waals surface area contributed by atoms with Crippen molar-refractivity contribution in [2.45, 2.75) is 6.92 Å². The van der Waals surface area contributed by atoms with E-state index in [1.807, 2.05) is 31.2 Å². The van der Waals surface area contributed by atoms with E-state index in [-0.39, 0.29) is 5.69 Å². The molecule has 0 saturated carbocycles. The zero-order valence-corrected chi connectivity index (χ0v) is 11.1. The first-order valence-electron chi connectivity index (χ1n) is 6.15. The Kier molecular flexibility index (Phi) is 4.00. The van der Waals surface area contributed by atoms with Gasteiger partial charge in [-0.15, -0.1) is 0 Å². The van der Waals surface area contributed by atoms with Crippen LogP contribution in [0.2, 0.25) is 0 Å². The van der Waals surface area contributed by atoms with Crippen LogP contribution in [0, 0.1) is 10.1 Å². The second-order valence-electron chi connectivity index (χ2n) is 4.16. The van der Waals surface area contributed by atoms with Crippen LogP contribution < -0.4 is 10.6 Å². The SMILES string of the molecule is CC=CN(c1ccccc1N)c1ccccc1[N+](=O)[O-]. The highest BCUT2D eigenvalue weighted by molar-refractivity contribution is 5.80. The second kappa shape index (κ2) is 5.88. The molecule has 20 heavy (non-hydrogen) atoms. The van der Waals surface area contributed by atoms with Crippen LogP contribution in [0.3, 0.4) is 0 Å². The van der Waals surface area contributed by atoms with Crippen LogP contribution in [0.25, 0.3) is 0 Å². The van der Waals surface area contributed by atoms with Gasteiger partial charge >= 0.3 is 0 Å². The topological polar surface area (TPSA) is 72.4 Å². The van der Waals surface area contributed by atoms with Gasteiger partial charge in [0.2, 0.25) is 0 Å². The number of nitrogens with zero attached hydrogens (tertiary/aromatic N) is 2. The molecule has 0 bridgehead atoms. The van der Waals surface area contributed by atoms with Gasteiger partial charge in [0.25, 0.3) is 5.69 Å². The summed E-state index contributed by atoms with van der Waals surface area (Å²) in [6.07, 6.45) is 3.57. The number of nitrogens with two attached hydrogens (primary N) is 1. The third-order valence-electron chi connectivity index (χ3n) is 2.83. The molecule has 2 rings (SSSR count). The predicted molar refractivity (Wildman–Crippen MR) is 80.9 cm³/mol. The smallest absolute Gasteiger partial charge is 0.293 e. The molecule has 2 aromatic rings. The minimum absolute atomic E-state index is 0.0360. The fraction of sp³-hybridized carbons (Fsp3) is 0.0667. The summed E-state index contributed by atoms with van der Waals surface area (Å²) in [4.78, 5) is 12.5. The van der Waals surface area contributed by atoms with Crippen LogP contribution in [-0.4, -0.2) is 4.92 Å². The Balaban J connectivity index is 2.61. The number of rotatable bonds is 4. The summed E-state index contributed by atoms with van der Waals surface area (Å²) in [6.45, 7) is 1.85. The lowest BCUT2D eigenvalue weighted by molar-refractivity contribution is -0.384. The molecule has 0 aliphatic heterocycles. The number of hydrogen-bond donors (Lipinski definition) is 1. The van der Waals surface area contributed by atoms with E-state index in [0.29, 0.717) is 17.1 Å². The zero-order valence-electron chi connectivity index (χ0n) is 11.1. The molecule has 102 valence electrons. The Morgan fingerprint density at radius 1 is 1.10 bits per heavy atom.